The molecule has 0 aromatic heterocycles. The van der Waals surface area contributed by atoms with Crippen LogP contribution in [0.2, 0.25) is 0 Å². The molecule has 2 aliphatic heterocycles. The van der Waals surface area contributed by atoms with Crippen molar-refractivity contribution in [2.24, 2.45) is 0 Å². The maximum absolute atomic E-state index is 13.6. The van der Waals surface area contributed by atoms with Gasteiger partial charge >= 0.3 is 0 Å². The summed E-state index contributed by atoms with van der Waals surface area (Å²) in [7, 11) is 0. The van der Waals surface area contributed by atoms with Crippen molar-refractivity contribution >= 4 is 66.7 Å². The van der Waals surface area contributed by atoms with Crippen LogP contribution in [-0.4, -0.2) is 72.9 Å². The third-order valence-electron chi connectivity index (χ3n) is 8.55. The van der Waals surface area contributed by atoms with Crippen molar-refractivity contribution < 1.29 is 28.7 Å². The largest absolute Gasteiger partial charge is 0.382 e. The summed E-state index contributed by atoms with van der Waals surface area (Å²) in [5, 5.41) is 6.54. The molecule has 0 radical (unpaired) electrons. The molecule has 5 aromatic carbocycles. The molecule has 4 amide bonds. The molecule has 0 N–H and O–H groups in total. The van der Waals surface area contributed by atoms with Gasteiger partial charge in [0.05, 0.1) is 0 Å². The predicted octanol–water partition coefficient (Wildman–Crippen LogP) is 5.78. The molecular formula is C34H30N2O6. The normalized spacial score (nSPS) is 15.0. The number of benzene rings is 5. The Morgan fingerprint density at radius 2 is 0.786 bits per heavy atom. The van der Waals surface area contributed by atoms with Crippen LogP contribution in [0.3, 0.4) is 0 Å². The fourth-order valence-electron chi connectivity index (χ4n) is 6.71. The Bertz CT molecular complexity index is 1700. The fourth-order valence-corrected chi connectivity index (χ4v) is 6.71. The van der Waals surface area contributed by atoms with Crippen LogP contribution in [-0.2, 0) is 9.47 Å². The van der Waals surface area contributed by atoms with Crippen molar-refractivity contribution in [1.82, 2.24) is 9.80 Å². The van der Waals surface area contributed by atoms with E-state index in [-0.39, 0.29) is 23.6 Å². The average molecular weight is 563 g/mol. The van der Waals surface area contributed by atoms with Gasteiger partial charge in [0, 0.05) is 72.5 Å². The van der Waals surface area contributed by atoms with Gasteiger partial charge in [0.1, 0.15) is 0 Å². The van der Waals surface area contributed by atoms with E-state index < -0.39 is 0 Å². The number of carbonyl (C=O) groups is 4. The zero-order chi connectivity index (χ0) is 29.1. The van der Waals surface area contributed by atoms with Gasteiger partial charge in [-0.3, -0.25) is 29.0 Å². The smallest absolute Gasteiger partial charge is 0.261 e. The second-order valence-electron chi connectivity index (χ2n) is 10.8. The molecule has 42 heavy (non-hydrogen) atoms. The topological polar surface area (TPSA) is 93.2 Å². The van der Waals surface area contributed by atoms with Gasteiger partial charge in [0.15, 0.2) is 0 Å². The first-order valence-electron chi connectivity index (χ1n) is 14.6. The van der Waals surface area contributed by atoms with Crippen LogP contribution in [0.25, 0.3) is 43.1 Å². The highest BCUT2D eigenvalue weighted by molar-refractivity contribution is 6.41. The highest BCUT2D eigenvalue weighted by Crippen LogP contribution is 2.46. The molecular weight excluding hydrogens is 532 g/mol. The van der Waals surface area contributed by atoms with Gasteiger partial charge < -0.3 is 9.47 Å². The van der Waals surface area contributed by atoms with Crippen molar-refractivity contribution in [3.63, 3.8) is 0 Å². The second kappa shape index (κ2) is 10.2. The maximum atomic E-state index is 13.6. The molecule has 0 saturated heterocycles. The Kier molecular flexibility index (Phi) is 6.40. The summed E-state index contributed by atoms with van der Waals surface area (Å²) in [6.07, 6.45) is 1.14. The van der Waals surface area contributed by atoms with Crippen LogP contribution in [0.15, 0.2) is 48.5 Å². The fraction of sp³-hybridized carbons (Fsp3) is 0.294. The first kappa shape index (κ1) is 26.5. The molecule has 7 rings (SSSR count). The second-order valence-corrected chi connectivity index (χ2v) is 10.8. The summed E-state index contributed by atoms with van der Waals surface area (Å²) in [6, 6.07) is 14.9. The van der Waals surface area contributed by atoms with E-state index in [0.717, 1.165) is 32.3 Å². The molecule has 2 aliphatic rings. The van der Waals surface area contributed by atoms with Gasteiger partial charge in [0.2, 0.25) is 0 Å². The SMILES string of the molecule is CCOCCCN1C(=O)c2ccc3c4ccc5c6c(ccc(c7ccc(c2c37)C1=O)c64)C(=O)N(CCCOCC)C5=O. The molecule has 8 nitrogen and oxygen atoms in total. The van der Waals surface area contributed by atoms with Crippen molar-refractivity contribution in [1.29, 1.82) is 0 Å². The Hall–Kier alpha value is -4.40. The lowest BCUT2D eigenvalue weighted by atomic mass is 9.82. The van der Waals surface area contributed by atoms with E-state index in [1.54, 1.807) is 24.3 Å². The molecule has 0 unspecified atom stereocenters. The van der Waals surface area contributed by atoms with Crippen LogP contribution in [0.1, 0.15) is 68.1 Å². The van der Waals surface area contributed by atoms with Crippen molar-refractivity contribution in [2.75, 3.05) is 39.5 Å². The van der Waals surface area contributed by atoms with Gasteiger partial charge in [-0.15, -0.1) is 0 Å². The molecule has 0 atom stereocenters. The Labute approximate surface area is 242 Å². The number of ether oxygens (including phenoxy) is 2. The molecule has 0 aliphatic carbocycles. The Morgan fingerprint density at radius 3 is 1.07 bits per heavy atom. The molecule has 8 heteroatoms. The van der Waals surface area contributed by atoms with Crippen molar-refractivity contribution in [3.8, 4) is 0 Å². The van der Waals surface area contributed by atoms with Crippen LogP contribution >= 0.6 is 0 Å². The number of nitrogens with zero attached hydrogens (tertiary/aromatic N) is 2. The van der Waals surface area contributed by atoms with Gasteiger partial charge in [-0.25, -0.2) is 0 Å². The summed E-state index contributed by atoms with van der Waals surface area (Å²) < 4.78 is 10.8. The molecule has 2 heterocycles. The molecule has 0 bridgehead atoms. The predicted molar refractivity (Wildman–Crippen MR) is 161 cm³/mol. The van der Waals surface area contributed by atoms with Crippen molar-refractivity contribution in [3.05, 3.63) is 70.8 Å². The molecule has 0 fully saturated rings. The zero-order valence-electron chi connectivity index (χ0n) is 23.6. The summed E-state index contributed by atoms with van der Waals surface area (Å²) in [4.78, 5) is 56.9. The number of amides is 4. The summed E-state index contributed by atoms with van der Waals surface area (Å²) in [5.74, 6) is -1.21. The third-order valence-corrected chi connectivity index (χ3v) is 8.55. The number of hydrogen-bond acceptors (Lipinski definition) is 6. The van der Waals surface area contributed by atoms with E-state index >= 15 is 0 Å². The van der Waals surface area contributed by atoms with E-state index in [0.29, 0.717) is 85.4 Å². The van der Waals surface area contributed by atoms with Gasteiger partial charge in [-0.05, 0) is 83.3 Å². The number of rotatable bonds is 10. The molecule has 0 spiro atoms. The first-order valence-corrected chi connectivity index (χ1v) is 14.6. The minimum atomic E-state index is -0.302. The van der Waals surface area contributed by atoms with Crippen LogP contribution in [0.5, 0.6) is 0 Å². The standard InChI is InChI=1S/C34H30N2O6/c1-3-41-17-5-15-35-31(37)23-11-7-19-21-9-13-25-30-26(34(40)36(33(25)39)16-6-18-42-4-2)14-10-22(28(21)30)20-8-12-24(32(35)38)29(23)27(19)20/h7-14H,3-6,15-18H2,1-2H3. The highest BCUT2D eigenvalue weighted by atomic mass is 16.5. The quantitative estimate of drug-likeness (QED) is 0.0927. The van der Waals surface area contributed by atoms with Crippen molar-refractivity contribution in [2.45, 2.75) is 26.7 Å². The van der Waals surface area contributed by atoms with E-state index in [1.807, 2.05) is 38.1 Å². The van der Waals surface area contributed by atoms with E-state index in [1.165, 1.54) is 9.80 Å². The average Bonchev–Trinajstić information content (AvgIpc) is 3.01. The number of imide groups is 2. The van der Waals surface area contributed by atoms with Gasteiger partial charge in [-0.2, -0.15) is 0 Å². The highest BCUT2D eigenvalue weighted by Gasteiger charge is 2.36. The first-order chi connectivity index (χ1) is 20.5. The summed E-state index contributed by atoms with van der Waals surface area (Å²) >= 11 is 0. The van der Waals surface area contributed by atoms with E-state index in [4.69, 9.17) is 9.47 Å². The lowest BCUT2D eigenvalue weighted by Gasteiger charge is -2.30. The van der Waals surface area contributed by atoms with Crippen LogP contribution in [0.4, 0.5) is 0 Å². The van der Waals surface area contributed by atoms with Gasteiger partial charge in [-0.1, -0.05) is 24.3 Å². The van der Waals surface area contributed by atoms with E-state index in [2.05, 4.69) is 0 Å². The Morgan fingerprint density at radius 1 is 0.476 bits per heavy atom. The summed E-state index contributed by atoms with van der Waals surface area (Å²) in [6.45, 7) is 6.54. The number of hydrogen-bond donors (Lipinski definition) is 0. The molecule has 5 aromatic rings. The lowest BCUT2D eigenvalue weighted by molar-refractivity contribution is 0.0571. The third kappa shape index (κ3) is 3.68. The minimum Gasteiger partial charge on any atom is -0.382 e. The molecule has 212 valence electrons. The van der Waals surface area contributed by atoms with Gasteiger partial charge in [0.25, 0.3) is 23.6 Å². The van der Waals surface area contributed by atoms with Crippen LogP contribution in [0, 0.1) is 0 Å². The minimum absolute atomic E-state index is 0.292. The maximum Gasteiger partial charge on any atom is 0.261 e. The lowest BCUT2D eigenvalue weighted by Crippen LogP contribution is -2.41. The monoisotopic (exact) mass is 562 g/mol. The zero-order valence-corrected chi connectivity index (χ0v) is 23.6. The molecule has 0 saturated carbocycles. The Balaban J connectivity index is 1.40. The number of fused-ring (bicyclic) bond motifs is 2. The van der Waals surface area contributed by atoms with E-state index in [9.17, 15) is 19.2 Å². The number of carbonyl (C=O) groups excluding carboxylic acids is 4. The summed E-state index contributed by atoms with van der Waals surface area (Å²) in [5.41, 5.74) is 2.01. The van der Waals surface area contributed by atoms with Crippen LogP contribution < -0.4 is 0 Å².